The van der Waals surface area contributed by atoms with Crippen molar-refractivity contribution < 1.29 is 4.57 Å². The third-order valence-electron chi connectivity index (χ3n) is 5.64. The van der Waals surface area contributed by atoms with Gasteiger partial charge in [-0.25, -0.2) is 14.5 Å². The van der Waals surface area contributed by atoms with Gasteiger partial charge in [-0.15, -0.1) is 0 Å². The number of hydrogen-bond donors (Lipinski definition) is 0. The summed E-state index contributed by atoms with van der Waals surface area (Å²) in [5, 5.41) is 0. The van der Waals surface area contributed by atoms with Crippen molar-refractivity contribution in [2.24, 2.45) is 17.0 Å². The van der Waals surface area contributed by atoms with E-state index in [0.29, 0.717) is 0 Å². The summed E-state index contributed by atoms with van der Waals surface area (Å²) in [5.74, 6) is 1.99. The van der Waals surface area contributed by atoms with Crippen LogP contribution in [0.25, 0.3) is 0 Å². The Kier molecular flexibility index (Phi) is 4.10. The molecule has 0 spiro atoms. The van der Waals surface area contributed by atoms with E-state index in [1.165, 1.54) is 16.8 Å². The average molecular weight is 335 g/mol. The molecule has 0 saturated heterocycles. The lowest BCUT2D eigenvalue weighted by Gasteiger charge is -2.18. The van der Waals surface area contributed by atoms with Crippen molar-refractivity contribution in [3.8, 4) is 0 Å². The second-order valence-electron chi connectivity index (χ2n) is 7.88. The third kappa shape index (κ3) is 2.80. The molecule has 4 rings (SSSR count). The fourth-order valence-electron chi connectivity index (χ4n) is 3.19. The summed E-state index contributed by atoms with van der Waals surface area (Å²) in [6, 6.07) is 8.31. The number of aliphatic imine (C=N–C) groups is 2. The van der Waals surface area contributed by atoms with E-state index in [9.17, 15) is 0 Å². The van der Waals surface area contributed by atoms with Crippen LogP contribution in [-0.4, -0.2) is 16.4 Å². The summed E-state index contributed by atoms with van der Waals surface area (Å²) in [5.41, 5.74) is 5.09. The van der Waals surface area contributed by atoms with Gasteiger partial charge >= 0.3 is 5.82 Å². The standard InChI is InChI=1S/C11H15N2.C10H12N2/c1-8-11(2,3)9-6-5-7-13(4)10(9)12-8;1-7-10(2,3)8-5-4-6-11-9(8)12-7/h5-7H,1-4H3;4-6H,1-3H3/q+1;. The Morgan fingerprint density at radius 1 is 0.840 bits per heavy atom. The van der Waals surface area contributed by atoms with E-state index < -0.39 is 0 Å². The summed E-state index contributed by atoms with van der Waals surface area (Å²) < 4.78 is 2.08. The van der Waals surface area contributed by atoms with Gasteiger partial charge in [-0.05, 0) is 50.9 Å². The highest BCUT2D eigenvalue weighted by atomic mass is 15.1. The van der Waals surface area contributed by atoms with E-state index in [1.807, 2.05) is 19.3 Å². The second kappa shape index (κ2) is 5.87. The number of aryl methyl sites for hydroxylation is 1. The minimum atomic E-state index is 0.0730. The first-order valence-corrected chi connectivity index (χ1v) is 8.72. The van der Waals surface area contributed by atoms with Crippen LogP contribution in [0.4, 0.5) is 11.6 Å². The van der Waals surface area contributed by atoms with Gasteiger partial charge in [0.15, 0.2) is 5.82 Å². The van der Waals surface area contributed by atoms with Crippen LogP contribution in [-0.2, 0) is 17.9 Å². The number of pyridine rings is 2. The molecule has 2 aromatic rings. The first kappa shape index (κ1) is 17.5. The van der Waals surface area contributed by atoms with E-state index in [4.69, 9.17) is 0 Å². The summed E-state index contributed by atoms with van der Waals surface area (Å²) in [6.45, 7) is 13.0. The normalized spacial score (nSPS) is 18.5. The zero-order chi connectivity index (χ0) is 18.4. The molecule has 0 aliphatic carbocycles. The highest BCUT2D eigenvalue weighted by Crippen LogP contribution is 2.38. The van der Waals surface area contributed by atoms with E-state index >= 15 is 0 Å². The molecule has 0 aromatic carbocycles. The third-order valence-corrected chi connectivity index (χ3v) is 5.64. The molecule has 0 N–H and O–H groups in total. The number of aromatic nitrogens is 2. The minimum Gasteiger partial charge on any atom is -0.237 e. The minimum absolute atomic E-state index is 0.0730. The number of rotatable bonds is 0. The zero-order valence-corrected chi connectivity index (χ0v) is 16.3. The molecule has 2 aliphatic rings. The lowest BCUT2D eigenvalue weighted by Crippen LogP contribution is -2.29. The highest BCUT2D eigenvalue weighted by molar-refractivity contribution is 5.99. The zero-order valence-electron chi connectivity index (χ0n) is 16.3. The van der Waals surface area contributed by atoms with Crippen molar-refractivity contribution in [3.05, 3.63) is 47.8 Å². The molecule has 0 bridgehead atoms. The van der Waals surface area contributed by atoms with Gasteiger partial charge < -0.3 is 0 Å². The molecule has 2 aromatic heterocycles. The Balaban J connectivity index is 0.000000146. The summed E-state index contributed by atoms with van der Waals surface area (Å²) >= 11 is 0. The van der Waals surface area contributed by atoms with Crippen LogP contribution in [0, 0.1) is 0 Å². The van der Waals surface area contributed by atoms with Crippen molar-refractivity contribution in [1.82, 2.24) is 4.98 Å². The van der Waals surface area contributed by atoms with Crippen molar-refractivity contribution in [3.63, 3.8) is 0 Å². The Bertz CT molecular complexity index is 889. The second-order valence-corrected chi connectivity index (χ2v) is 7.88. The molecule has 0 amide bonds. The Morgan fingerprint density at radius 3 is 2.08 bits per heavy atom. The van der Waals surface area contributed by atoms with Crippen LogP contribution in [0.5, 0.6) is 0 Å². The van der Waals surface area contributed by atoms with Crippen LogP contribution in [0.2, 0.25) is 0 Å². The molecule has 4 heteroatoms. The van der Waals surface area contributed by atoms with Crippen LogP contribution >= 0.6 is 0 Å². The Morgan fingerprint density at radius 2 is 1.44 bits per heavy atom. The van der Waals surface area contributed by atoms with Crippen LogP contribution in [0.15, 0.2) is 46.6 Å². The van der Waals surface area contributed by atoms with Crippen molar-refractivity contribution >= 4 is 23.1 Å². The van der Waals surface area contributed by atoms with Gasteiger partial charge in [-0.3, -0.25) is 0 Å². The number of hydrogen-bond acceptors (Lipinski definition) is 3. The smallest absolute Gasteiger partial charge is 0.237 e. The van der Waals surface area contributed by atoms with E-state index in [2.05, 4.69) is 79.3 Å². The average Bonchev–Trinajstić information content (AvgIpc) is 2.93. The maximum absolute atomic E-state index is 4.58. The number of fused-ring (bicyclic) bond motifs is 2. The van der Waals surface area contributed by atoms with Gasteiger partial charge in [-0.1, -0.05) is 19.9 Å². The van der Waals surface area contributed by atoms with Gasteiger partial charge in [-0.2, -0.15) is 0 Å². The predicted octanol–water partition coefficient (Wildman–Crippen LogP) is 4.36. The topological polar surface area (TPSA) is 41.5 Å². The molecule has 4 nitrogen and oxygen atoms in total. The van der Waals surface area contributed by atoms with Gasteiger partial charge in [0.05, 0.1) is 24.2 Å². The van der Waals surface area contributed by atoms with E-state index in [1.54, 1.807) is 6.20 Å². The van der Waals surface area contributed by atoms with Gasteiger partial charge in [0.2, 0.25) is 0 Å². The largest absolute Gasteiger partial charge is 0.326 e. The van der Waals surface area contributed by atoms with Crippen molar-refractivity contribution in [1.29, 1.82) is 0 Å². The molecule has 0 radical (unpaired) electrons. The fraction of sp³-hybridized carbons (Fsp3) is 0.429. The van der Waals surface area contributed by atoms with Crippen LogP contribution in [0.1, 0.15) is 52.7 Å². The molecule has 0 unspecified atom stereocenters. The number of nitrogens with zero attached hydrogens (tertiary/aromatic N) is 4. The molecule has 0 fully saturated rings. The summed E-state index contributed by atoms with van der Waals surface area (Å²) in [6.07, 6.45) is 3.83. The van der Waals surface area contributed by atoms with E-state index in [0.717, 1.165) is 17.3 Å². The molecular formula is C21H27N4+. The SMILES string of the molecule is CC1=Nc2c(ccc[n+]2C)C1(C)C.CC1=Nc2ncccc2C1(C)C. The fourth-order valence-corrected chi connectivity index (χ4v) is 3.19. The Hall–Kier alpha value is -2.36. The Labute approximate surface area is 150 Å². The molecule has 2 aliphatic heterocycles. The van der Waals surface area contributed by atoms with Gasteiger partial charge in [0.1, 0.15) is 5.71 Å². The first-order chi connectivity index (χ1) is 11.7. The predicted molar refractivity (Wildman–Crippen MR) is 103 cm³/mol. The van der Waals surface area contributed by atoms with Crippen molar-refractivity contribution in [2.45, 2.75) is 52.4 Å². The maximum Gasteiger partial charge on any atom is 0.326 e. The van der Waals surface area contributed by atoms with E-state index in [-0.39, 0.29) is 10.8 Å². The lowest BCUT2D eigenvalue weighted by atomic mass is 9.83. The maximum atomic E-state index is 4.58. The lowest BCUT2D eigenvalue weighted by molar-refractivity contribution is -0.658. The summed E-state index contributed by atoms with van der Waals surface area (Å²) in [7, 11) is 2.04. The molecule has 25 heavy (non-hydrogen) atoms. The van der Waals surface area contributed by atoms with Gasteiger partial charge in [0, 0.05) is 22.9 Å². The van der Waals surface area contributed by atoms with Crippen LogP contribution < -0.4 is 4.57 Å². The molecular weight excluding hydrogens is 308 g/mol. The first-order valence-electron chi connectivity index (χ1n) is 8.72. The molecule has 4 heterocycles. The van der Waals surface area contributed by atoms with Crippen molar-refractivity contribution in [2.75, 3.05) is 0 Å². The summed E-state index contributed by atoms with van der Waals surface area (Å²) in [4.78, 5) is 13.2. The molecule has 0 atom stereocenters. The molecule has 130 valence electrons. The monoisotopic (exact) mass is 335 g/mol. The van der Waals surface area contributed by atoms with Gasteiger partial charge in [0.25, 0.3) is 0 Å². The van der Waals surface area contributed by atoms with Crippen LogP contribution in [0.3, 0.4) is 0 Å². The quantitative estimate of drug-likeness (QED) is 0.660. The molecule has 0 saturated carbocycles. The highest BCUT2D eigenvalue weighted by Gasteiger charge is 2.39.